The Morgan fingerprint density at radius 3 is 2.36 bits per heavy atom. The molecular weight excluding hydrogens is 300 g/mol. The van der Waals surface area contributed by atoms with Gasteiger partial charge in [0.25, 0.3) is 0 Å². The van der Waals surface area contributed by atoms with Gasteiger partial charge in [0.2, 0.25) is 6.10 Å². The van der Waals surface area contributed by atoms with Crippen molar-refractivity contribution in [2.45, 2.75) is 56.2 Å². The first-order valence-electron chi connectivity index (χ1n) is 6.99. The van der Waals surface area contributed by atoms with Crippen molar-refractivity contribution >= 4 is 17.9 Å². The van der Waals surface area contributed by atoms with Crippen molar-refractivity contribution in [2.24, 2.45) is 0 Å². The molecule has 0 aromatic rings. The first-order chi connectivity index (χ1) is 10.3. The van der Waals surface area contributed by atoms with E-state index in [0.29, 0.717) is 19.3 Å². The summed E-state index contributed by atoms with van der Waals surface area (Å²) in [7, 11) is 0. The maximum absolute atomic E-state index is 11.9. The summed E-state index contributed by atoms with van der Waals surface area (Å²) < 4.78 is 14.4. The molecule has 0 saturated carbocycles. The zero-order valence-corrected chi connectivity index (χ0v) is 11.8. The predicted molar refractivity (Wildman–Crippen MR) is 66.8 cm³/mol. The van der Waals surface area contributed by atoms with Crippen molar-refractivity contribution in [3.05, 3.63) is 0 Å². The lowest BCUT2D eigenvalue weighted by Crippen LogP contribution is -2.55. The van der Waals surface area contributed by atoms with Crippen LogP contribution in [0.3, 0.4) is 0 Å². The summed E-state index contributed by atoms with van der Waals surface area (Å²) in [5, 5.41) is 29.0. The minimum Gasteiger partial charge on any atom is -0.451 e. The molecule has 2 aliphatic heterocycles. The second-order valence-electron chi connectivity index (χ2n) is 5.43. The summed E-state index contributed by atoms with van der Waals surface area (Å²) >= 11 is 0. The zero-order valence-electron chi connectivity index (χ0n) is 11.8. The van der Waals surface area contributed by atoms with E-state index in [9.17, 15) is 24.6 Å². The smallest absolute Gasteiger partial charge is 0.413 e. The number of carbonyl (C=O) groups excluding carboxylic acids is 3. The Kier molecular flexibility index (Phi) is 4.69. The summed E-state index contributed by atoms with van der Waals surface area (Å²) in [6.07, 6.45) is -1.38. The normalized spacial score (nSPS) is 35.0. The van der Waals surface area contributed by atoms with E-state index < -0.39 is 48.4 Å². The fourth-order valence-corrected chi connectivity index (χ4v) is 2.40. The predicted octanol–water partition coefficient (Wildman–Crippen LogP) is -1.28. The summed E-state index contributed by atoms with van der Waals surface area (Å²) in [4.78, 5) is 35.3. The van der Waals surface area contributed by atoms with Crippen LogP contribution in [0.1, 0.15) is 38.5 Å². The molecule has 2 aliphatic rings. The Labute approximate surface area is 125 Å². The summed E-state index contributed by atoms with van der Waals surface area (Å²) in [5.74, 6) is -6.08. The van der Waals surface area contributed by atoms with Crippen LogP contribution in [0, 0.1) is 0 Å². The van der Waals surface area contributed by atoms with Gasteiger partial charge in [-0.2, -0.15) is 0 Å². The molecule has 0 spiro atoms. The van der Waals surface area contributed by atoms with Crippen LogP contribution in [0.25, 0.3) is 0 Å². The third kappa shape index (κ3) is 3.37. The standard InChI is InChI=1S/C13H18O9/c14-5-3-1-2-4-8-13(19)21-10(16)7-12(18,11(17)22-13)6-9(15)20-8/h8,14,18-19H,1-7H2. The largest absolute Gasteiger partial charge is 0.451 e. The molecule has 3 unspecified atom stereocenters. The van der Waals surface area contributed by atoms with Crippen molar-refractivity contribution in [1.29, 1.82) is 0 Å². The number of rotatable bonds is 5. The number of hydrogen-bond donors (Lipinski definition) is 3. The molecule has 3 atom stereocenters. The first-order valence-corrected chi connectivity index (χ1v) is 6.99. The van der Waals surface area contributed by atoms with Gasteiger partial charge in [-0.1, -0.05) is 6.42 Å². The maximum Gasteiger partial charge on any atom is 0.413 e. The average molecular weight is 318 g/mol. The number of cyclic esters (lactones) is 1. The maximum atomic E-state index is 11.9. The lowest BCUT2D eigenvalue weighted by atomic mass is 9.95. The lowest BCUT2D eigenvalue weighted by molar-refractivity contribution is -0.363. The Morgan fingerprint density at radius 2 is 1.68 bits per heavy atom. The summed E-state index contributed by atoms with van der Waals surface area (Å²) in [6, 6.07) is 0. The fraction of sp³-hybridized carbons (Fsp3) is 0.769. The Bertz CT molecular complexity index is 476. The van der Waals surface area contributed by atoms with Gasteiger partial charge in [-0.05, 0) is 19.3 Å². The second-order valence-corrected chi connectivity index (χ2v) is 5.43. The molecule has 0 aromatic carbocycles. The Morgan fingerprint density at radius 1 is 1.00 bits per heavy atom. The molecule has 0 amide bonds. The van der Waals surface area contributed by atoms with E-state index in [-0.39, 0.29) is 13.0 Å². The van der Waals surface area contributed by atoms with E-state index in [0.717, 1.165) is 0 Å². The van der Waals surface area contributed by atoms with E-state index in [1.54, 1.807) is 0 Å². The first kappa shape index (κ1) is 16.7. The molecule has 2 fully saturated rings. The average Bonchev–Trinajstić information content (AvgIpc) is 2.45. The molecule has 0 aromatic heterocycles. The third-order valence-corrected chi connectivity index (χ3v) is 3.56. The quantitative estimate of drug-likeness (QED) is 0.417. The monoisotopic (exact) mass is 318 g/mol. The van der Waals surface area contributed by atoms with Crippen LogP contribution in [-0.2, 0) is 28.6 Å². The molecule has 0 radical (unpaired) electrons. The van der Waals surface area contributed by atoms with E-state index in [1.165, 1.54) is 0 Å². The molecule has 2 rings (SSSR count). The topological polar surface area (TPSA) is 140 Å². The van der Waals surface area contributed by atoms with Gasteiger partial charge < -0.3 is 29.5 Å². The summed E-state index contributed by atoms with van der Waals surface area (Å²) in [5.41, 5.74) is -2.40. The van der Waals surface area contributed by atoms with Gasteiger partial charge in [0.15, 0.2) is 5.60 Å². The number of aliphatic hydroxyl groups excluding tert-OH is 1. The van der Waals surface area contributed by atoms with Gasteiger partial charge >= 0.3 is 23.9 Å². The highest BCUT2D eigenvalue weighted by atomic mass is 16.9. The Balaban J connectivity index is 2.22. The number of ether oxygens (including phenoxy) is 3. The molecule has 9 nitrogen and oxygen atoms in total. The van der Waals surface area contributed by atoms with Gasteiger partial charge in [0.05, 0.1) is 12.8 Å². The zero-order chi connectivity index (χ0) is 16.4. The van der Waals surface area contributed by atoms with Gasteiger partial charge in [0.1, 0.15) is 0 Å². The third-order valence-electron chi connectivity index (χ3n) is 3.56. The highest BCUT2D eigenvalue weighted by molar-refractivity contribution is 5.91. The number of unbranched alkanes of at least 4 members (excludes halogenated alkanes) is 2. The van der Waals surface area contributed by atoms with Crippen LogP contribution >= 0.6 is 0 Å². The van der Waals surface area contributed by atoms with Gasteiger partial charge in [-0.3, -0.25) is 9.59 Å². The molecule has 2 saturated heterocycles. The number of esters is 3. The van der Waals surface area contributed by atoms with Crippen molar-refractivity contribution in [3.63, 3.8) is 0 Å². The molecular formula is C13H18O9. The van der Waals surface area contributed by atoms with Gasteiger partial charge in [-0.25, -0.2) is 4.79 Å². The van der Waals surface area contributed by atoms with Crippen LogP contribution in [-0.4, -0.2) is 57.5 Å². The highest BCUT2D eigenvalue weighted by Gasteiger charge is 2.58. The number of hydrogen-bond acceptors (Lipinski definition) is 9. The molecule has 3 N–H and O–H groups in total. The number of aliphatic hydroxyl groups is 3. The minimum atomic E-state index is -2.76. The molecule has 0 aliphatic carbocycles. The molecule has 2 heterocycles. The molecule has 22 heavy (non-hydrogen) atoms. The minimum absolute atomic E-state index is 0.00821. The van der Waals surface area contributed by atoms with Crippen LogP contribution in [0.5, 0.6) is 0 Å². The number of carbonyl (C=O) groups is 3. The van der Waals surface area contributed by atoms with Crippen molar-refractivity contribution in [1.82, 2.24) is 0 Å². The van der Waals surface area contributed by atoms with E-state index >= 15 is 0 Å². The van der Waals surface area contributed by atoms with E-state index in [4.69, 9.17) is 19.3 Å². The van der Waals surface area contributed by atoms with Gasteiger partial charge in [-0.15, -0.1) is 0 Å². The van der Waals surface area contributed by atoms with Crippen molar-refractivity contribution < 1.29 is 43.9 Å². The highest BCUT2D eigenvalue weighted by Crippen LogP contribution is 2.35. The van der Waals surface area contributed by atoms with Crippen LogP contribution in [0.4, 0.5) is 0 Å². The number of fused-ring (bicyclic) bond motifs is 3. The SMILES string of the molecule is O=C1CC2(O)CC(=O)OC(O)(OC2=O)C(CCCCCO)O1. The fourth-order valence-electron chi connectivity index (χ4n) is 2.40. The molecule has 9 heteroatoms. The van der Waals surface area contributed by atoms with Crippen molar-refractivity contribution in [3.8, 4) is 0 Å². The van der Waals surface area contributed by atoms with Crippen LogP contribution in [0.2, 0.25) is 0 Å². The van der Waals surface area contributed by atoms with Gasteiger partial charge in [0, 0.05) is 6.61 Å². The van der Waals surface area contributed by atoms with Crippen LogP contribution in [0.15, 0.2) is 0 Å². The summed E-state index contributed by atoms with van der Waals surface area (Å²) in [6.45, 7) is -0.00821. The second kappa shape index (κ2) is 6.19. The Hall–Kier alpha value is -1.71. The van der Waals surface area contributed by atoms with E-state index in [2.05, 4.69) is 0 Å². The molecule has 124 valence electrons. The van der Waals surface area contributed by atoms with Crippen LogP contribution < -0.4 is 0 Å². The van der Waals surface area contributed by atoms with E-state index in [1.807, 2.05) is 0 Å². The molecule has 2 bridgehead atoms. The van der Waals surface area contributed by atoms with Crippen molar-refractivity contribution in [2.75, 3.05) is 6.61 Å². The lowest BCUT2D eigenvalue weighted by Gasteiger charge is -2.34.